The first kappa shape index (κ1) is 25.0. The Balaban J connectivity index is 1.27. The van der Waals surface area contributed by atoms with E-state index in [9.17, 15) is 9.59 Å². The molecule has 1 aliphatic carbocycles. The topological polar surface area (TPSA) is 89.6 Å². The van der Waals surface area contributed by atoms with E-state index in [-0.39, 0.29) is 12.1 Å². The van der Waals surface area contributed by atoms with Crippen LogP contribution < -0.4 is 24.4 Å². The third kappa shape index (κ3) is 5.87. The molecule has 2 saturated heterocycles. The van der Waals surface area contributed by atoms with Crippen molar-refractivity contribution in [3.05, 3.63) is 47.5 Å². The summed E-state index contributed by atoms with van der Waals surface area (Å²) in [6.07, 6.45) is 4.99. The maximum absolute atomic E-state index is 13.5. The summed E-state index contributed by atoms with van der Waals surface area (Å²) in [6, 6.07) is 11.4. The molecule has 2 aromatic carbocycles. The number of hydrogen-bond donors (Lipinski definition) is 1. The van der Waals surface area contributed by atoms with Crippen LogP contribution in [0.15, 0.2) is 36.4 Å². The van der Waals surface area contributed by atoms with Gasteiger partial charge in [-0.1, -0.05) is 25.0 Å². The Morgan fingerprint density at radius 3 is 2.57 bits per heavy atom. The second-order valence-corrected chi connectivity index (χ2v) is 9.82. The molecule has 1 saturated carbocycles. The van der Waals surface area contributed by atoms with Crippen LogP contribution in [0.4, 0.5) is 15.3 Å². The molecule has 198 valence electrons. The summed E-state index contributed by atoms with van der Waals surface area (Å²) in [6.45, 7) is 2.78. The van der Waals surface area contributed by atoms with Crippen LogP contribution in [0.3, 0.4) is 0 Å². The van der Waals surface area contributed by atoms with E-state index in [2.05, 4.69) is 5.32 Å². The number of anilines is 1. The number of benzene rings is 2. The molecular weight excluding hydrogens is 474 g/mol. The molecule has 2 heterocycles. The molecule has 3 fully saturated rings. The minimum absolute atomic E-state index is 0.0591. The minimum atomic E-state index is -0.419. The first-order valence-electron chi connectivity index (χ1n) is 13.0. The van der Waals surface area contributed by atoms with E-state index < -0.39 is 6.09 Å². The van der Waals surface area contributed by atoms with Crippen molar-refractivity contribution in [1.29, 1.82) is 0 Å². The number of methoxy groups -OCH3 is 2. The molecule has 9 heteroatoms. The van der Waals surface area contributed by atoms with Crippen LogP contribution in [-0.2, 0) is 11.3 Å². The molecule has 2 aromatic rings. The first-order chi connectivity index (χ1) is 18.1. The van der Waals surface area contributed by atoms with Crippen molar-refractivity contribution >= 4 is 17.8 Å². The molecular formula is C28H35N3O6. The monoisotopic (exact) mass is 509 g/mol. The van der Waals surface area contributed by atoms with E-state index in [1.165, 1.54) is 19.3 Å². The van der Waals surface area contributed by atoms with Crippen molar-refractivity contribution in [1.82, 2.24) is 10.2 Å². The van der Waals surface area contributed by atoms with E-state index in [0.29, 0.717) is 50.0 Å². The number of ether oxygens (including phenoxy) is 4. The molecule has 37 heavy (non-hydrogen) atoms. The highest BCUT2D eigenvalue weighted by Crippen LogP contribution is 2.36. The number of amides is 3. The van der Waals surface area contributed by atoms with Gasteiger partial charge in [-0.15, -0.1) is 0 Å². The summed E-state index contributed by atoms with van der Waals surface area (Å²) in [5, 5.41) is 2.67. The average molecular weight is 510 g/mol. The number of hydrogen-bond acceptors (Lipinski definition) is 6. The smallest absolute Gasteiger partial charge is 0.407 e. The normalized spacial score (nSPS) is 19.5. The maximum atomic E-state index is 13.5. The predicted molar refractivity (Wildman–Crippen MR) is 138 cm³/mol. The average Bonchev–Trinajstić information content (AvgIpc) is 3.65. The fourth-order valence-corrected chi connectivity index (χ4v) is 4.95. The summed E-state index contributed by atoms with van der Waals surface area (Å²) in [4.78, 5) is 28.6. The van der Waals surface area contributed by atoms with Crippen molar-refractivity contribution < 1.29 is 28.5 Å². The van der Waals surface area contributed by atoms with Crippen LogP contribution in [0, 0.1) is 5.92 Å². The van der Waals surface area contributed by atoms with E-state index in [4.69, 9.17) is 18.9 Å². The van der Waals surface area contributed by atoms with Gasteiger partial charge in [0, 0.05) is 30.4 Å². The van der Waals surface area contributed by atoms with Crippen molar-refractivity contribution in [3.8, 4) is 17.2 Å². The molecule has 3 aliphatic rings. The summed E-state index contributed by atoms with van der Waals surface area (Å²) >= 11 is 0. The Labute approximate surface area is 217 Å². The summed E-state index contributed by atoms with van der Waals surface area (Å²) in [5.41, 5.74) is 2.55. The Hall–Kier alpha value is -3.62. The van der Waals surface area contributed by atoms with Crippen LogP contribution in [0.25, 0.3) is 0 Å². The molecule has 0 bridgehead atoms. The number of carbonyl (C=O) groups is 2. The van der Waals surface area contributed by atoms with Crippen LogP contribution in [0.5, 0.6) is 17.2 Å². The number of rotatable bonds is 11. The third-order valence-electron chi connectivity index (χ3n) is 7.21. The molecule has 5 rings (SSSR count). The quantitative estimate of drug-likeness (QED) is 0.434. The van der Waals surface area contributed by atoms with Crippen molar-refractivity contribution in [2.75, 3.05) is 45.4 Å². The van der Waals surface area contributed by atoms with E-state index in [0.717, 1.165) is 35.6 Å². The Morgan fingerprint density at radius 1 is 1.00 bits per heavy atom. The fourth-order valence-electron chi connectivity index (χ4n) is 4.95. The summed E-state index contributed by atoms with van der Waals surface area (Å²) in [7, 11) is 3.24. The van der Waals surface area contributed by atoms with Gasteiger partial charge in [0.1, 0.15) is 11.9 Å². The minimum Gasteiger partial charge on any atom is -0.496 e. The zero-order valence-electron chi connectivity index (χ0n) is 21.5. The van der Waals surface area contributed by atoms with E-state index in [1.54, 1.807) is 19.1 Å². The Bertz CT molecular complexity index is 1130. The van der Waals surface area contributed by atoms with Crippen molar-refractivity contribution in [3.63, 3.8) is 0 Å². The number of cyclic esters (lactones) is 1. The highest BCUT2D eigenvalue weighted by molar-refractivity contribution is 5.93. The summed E-state index contributed by atoms with van der Waals surface area (Å²) in [5.74, 6) is 2.88. The maximum Gasteiger partial charge on any atom is 0.407 e. The standard InChI is InChI=1S/C28H35N3O6/c1-34-23-11-10-22(16-25(23)36-14-3-5-19-6-7-19)31-13-4-12-30(28(31)33)18-21-9-8-20(15-24(21)35-2)26-17-29-27(32)37-26/h8-11,15-16,19,26H,3-7,12-14,17-18H2,1-2H3,(H,29,32). The van der Waals surface area contributed by atoms with Gasteiger partial charge < -0.3 is 29.2 Å². The molecule has 2 aliphatic heterocycles. The van der Waals surface area contributed by atoms with Gasteiger partial charge in [-0.25, -0.2) is 9.59 Å². The highest BCUT2D eigenvalue weighted by atomic mass is 16.6. The number of nitrogens with zero attached hydrogens (tertiary/aromatic N) is 2. The zero-order chi connectivity index (χ0) is 25.8. The lowest BCUT2D eigenvalue weighted by Gasteiger charge is -2.36. The molecule has 1 N–H and O–H groups in total. The lowest BCUT2D eigenvalue weighted by atomic mass is 10.0. The van der Waals surface area contributed by atoms with Crippen LogP contribution in [0.1, 0.15) is 49.3 Å². The van der Waals surface area contributed by atoms with Gasteiger partial charge in [0.25, 0.3) is 0 Å². The van der Waals surface area contributed by atoms with Crippen LogP contribution in [-0.4, -0.2) is 57.5 Å². The Morgan fingerprint density at radius 2 is 1.84 bits per heavy atom. The second-order valence-electron chi connectivity index (χ2n) is 9.82. The van der Waals surface area contributed by atoms with Crippen molar-refractivity contribution in [2.45, 2.75) is 44.8 Å². The van der Waals surface area contributed by atoms with Gasteiger partial charge in [-0.2, -0.15) is 0 Å². The largest absolute Gasteiger partial charge is 0.496 e. The number of alkyl carbamates (subject to hydrolysis) is 1. The number of carbonyl (C=O) groups excluding carboxylic acids is 2. The van der Waals surface area contributed by atoms with Crippen LogP contribution >= 0.6 is 0 Å². The zero-order valence-corrected chi connectivity index (χ0v) is 21.5. The van der Waals surface area contributed by atoms with Crippen LogP contribution in [0.2, 0.25) is 0 Å². The van der Waals surface area contributed by atoms with E-state index in [1.807, 2.05) is 41.3 Å². The molecule has 0 spiro atoms. The number of urea groups is 1. The molecule has 9 nitrogen and oxygen atoms in total. The lowest BCUT2D eigenvalue weighted by Crippen LogP contribution is -2.49. The molecule has 1 unspecified atom stereocenters. The van der Waals surface area contributed by atoms with Gasteiger partial charge in [0.2, 0.25) is 0 Å². The molecule has 3 amide bonds. The van der Waals surface area contributed by atoms with Gasteiger partial charge in [0.05, 0.1) is 33.9 Å². The van der Waals surface area contributed by atoms with Gasteiger partial charge >= 0.3 is 12.1 Å². The molecule has 0 aromatic heterocycles. The SMILES string of the molecule is COc1cc(C2CNC(=O)O2)ccc1CN1CCCN(c2ccc(OC)c(OCCCC3CC3)c2)C1=O. The molecule has 0 radical (unpaired) electrons. The lowest BCUT2D eigenvalue weighted by molar-refractivity contribution is 0.141. The van der Waals surface area contributed by atoms with Gasteiger partial charge in [-0.05, 0) is 48.9 Å². The molecule has 1 atom stereocenters. The van der Waals surface area contributed by atoms with Crippen molar-refractivity contribution in [2.24, 2.45) is 5.92 Å². The second kappa shape index (κ2) is 11.2. The van der Waals surface area contributed by atoms with Gasteiger partial charge in [-0.3, -0.25) is 4.90 Å². The highest BCUT2D eigenvalue weighted by Gasteiger charge is 2.29. The first-order valence-corrected chi connectivity index (χ1v) is 13.0. The third-order valence-corrected chi connectivity index (χ3v) is 7.21. The Kier molecular flexibility index (Phi) is 7.58. The summed E-state index contributed by atoms with van der Waals surface area (Å²) < 4.78 is 22.5. The fraction of sp³-hybridized carbons (Fsp3) is 0.500. The predicted octanol–water partition coefficient (Wildman–Crippen LogP) is 4.89. The number of nitrogens with one attached hydrogen (secondary N) is 1. The van der Waals surface area contributed by atoms with E-state index >= 15 is 0 Å². The van der Waals surface area contributed by atoms with Gasteiger partial charge in [0.15, 0.2) is 11.5 Å².